The summed E-state index contributed by atoms with van der Waals surface area (Å²) in [5.74, 6) is -3.29. The Balaban J connectivity index is 1.72. The molecule has 0 aliphatic carbocycles. The SMILES string of the molecule is CCc1ccccc1NC(=O)COC(=O)[C@H](C)N1C(=O)c2c(Cl)c(Cl)c(Cl)c(Cl)c2C1=O. The van der Waals surface area contributed by atoms with Crippen LogP contribution in [-0.4, -0.2) is 41.2 Å². The molecule has 0 bridgehead atoms. The average molecular weight is 518 g/mol. The van der Waals surface area contributed by atoms with E-state index >= 15 is 0 Å². The van der Waals surface area contributed by atoms with Crippen molar-refractivity contribution in [2.24, 2.45) is 0 Å². The highest BCUT2D eigenvalue weighted by Gasteiger charge is 2.45. The largest absolute Gasteiger partial charge is 0.454 e. The molecular formula is C21H16Cl4N2O5. The first-order valence-electron chi connectivity index (χ1n) is 9.38. The molecule has 2 aromatic rings. The molecule has 0 spiro atoms. The Kier molecular flexibility index (Phi) is 7.35. The monoisotopic (exact) mass is 516 g/mol. The third kappa shape index (κ3) is 4.30. The van der Waals surface area contributed by atoms with Gasteiger partial charge in [-0.05, 0) is 25.0 Å². The zero-order valence-electron chi connectivity index (χ0n) is 16.8. The van der Waals surface area contributed by atoms with Crippen LogP contribution in [0.25, 0.3) is 0 Å². The number of amides is 3. The fourth-order valence-corrected chi connectivity index (χ4v) is 4.23. The van der Waals surface area contributed by atoms with Gasteiger partial charge in [0.05, 0.1) is 31.2 Å². The number of halogens is 4. The second-order valence-corrected chi connectivity index (χ2v) is 8.34. The van der Waals surface area contributed by atoms with E-state index in [4.69, 9.17) is 51.1 Å². The molecule has 3 rings (SSSR count). The highest BCUT2D eigenvalue weighted by atomic mass is 35.5. The first-order chi connectivity index (χ1) is 15.1. The summed E-state index contributed by atoms with van der Waals surface area (Å²) in [5.41, 5.74) is 1.02. The van der Waals surface area contributed by atoms with E-state index in [9.17, 15) is 19.2 Å². The number of hydrogen-bond acceptors (Lipinski definition) is 5. The van der Waals surface area contributed by atoms with Gasteiger partial charge < -0.3 is 10.1 Å². The van der Waals surface area contributed by atoms with E-state index in [1.165, 1.54) is 6.92 Å². The number of imide groups is 1. The number of carbonyl (C=O) groups is 4. The minimum absolute atomic E-state index is 0.181. The van der Waals surface area contributed by atoms with Gasteiger partial charge in [-0.2, -0.15) is 0 Å². The number of anilines is 1. The van der Waals surface area contributed by atoms with Gasteiger partial charge in [0.25, 0.3) is 17.7 Å². The van der Waals surface area contributed by atoms with Crippen molar-refractivity contribution in [2.75, 3.05) is 11.9 Å². The van der Waals surface area contributed by atoms with Gasteiger partial charge >= 0.3 is 5.97 Å². The summed E-state index contributed by atoms with van der Waals surface area (Å²) < 4.78 is 5.01. The number of nitrogens with one attached hydrogen (secondary N) is 1. The number of fused-ring (bicyclic) bond motifs is 1. The Morgan fingerprint density at radius 1 is 0.969 bits per heavy atom. The van der Waals surface area contributed by atoms with E-state index < -0.39 is 36.3 Å². The zero-order chi connectivity index (χ0) is 23.7. The zero-order valence-corrected chi connectivity index (χ0v) is 19.8. The fourth-order valence-electron chi connectivity index (χ4n) is 3.22. The lowest BCUT2D eigenvalue weighted by Crippen LogP contribution is -2.44. The van der Waals surface area contributed by atoms with Crippen molar-refractivity contribution in [1.29, 1.82) is 0 Å². The molecule has 1 aliphatic rings. The second kappa shape index (κ2) is 9.67. The van der Waals surface area contributed by atoms with Crippen molar-refractivity contribution in [2.45, 2.75) is 26.3 Å². The van der Waals surface area contributed by atoms with E-state index in [2.05, 4.69) is 5.32 Å². The maximum absolute atomic E-state index is 12.8. The number of nitrogens with zero attached hydrogens (tertiary/aromatic N) is 1. The Labute approximate surface area is 203 Å². The van der Waals surface area contributed by atoms with Crippen molar-refractivity contribution in [3.05, 3.63) is 61.0 Å². The van der Waals surface area contributed by atoms with Gasteiger partial charge in [0.1, 0.15) is 6.04 Å². The van der Waals surface area contributed by atoms with E-state index in [0.717, 1.165) is 5.56 Å². The number of benzene rings is 2. The third-order valence-electron chi connectivity index (χ3n) is 4.88. The molecule has 7 nitrogen and oxygen atoms in total. The van der Waals surface area contributed by atoms with Crippen molar-refractivity contribution in [1.82, 2.24) is 4.90 Å². The molecule has 1 heterocycles. The van der Waals surface area contributed by atoms with Gasteiger partial charge in [0.15, 0.2) is 6.61 Å². The molecular weight excluding hydrogens is 502 g/mol. The highest BCUT2D eigenvalue weighted by molar-refractivity contribution is 6.55. The summed E-state index contributed by atoms with van der Waals surface area (Å²) in [6, 6.07) is 5.84. The Morgan fingerprint density at radius 3 is 2.03 bits per heavy atom. The molecule has 0 fully saturated rings. The number of aryl methyl sites for hydroxylation is 1. The Hall–Kier alpha value is -2.32. The number of para-hydroxylation sites is 1. The van der Waals surface area contributed by atoms with Crippen LogP contribution in [0, 0.1) is 0 Å². The van der Waals surface area contributed by atoms with Gasteiger partial charge in [0.2, 0.25) is 0 Å². The van der Waals surface area contributed by atoms with Crippen LogP contribution in [0.15, 0.2) is 24.3 Å². The molecule has 168 valence electrons. The summed E-state index contributed by atoms with van der Waals surface area (Å²) in [5, 5.41) is 1.81. The Morgan fingerprint density at radius 2 is 1.50 bits per heavy atom. The van der Waals surface area contributed by atoms with Crippen molar-refractivity contribution in [3.8, 4) is 0 Å². The predicted octanol–water partition coefficient (Wildman–Crippen LogP) is 5.03. The van der Waals surface area contributed by atoms with Crippen LogP contribution < -0.4 is 5.32 Å². The molecule has 1 aliphatic heterocycles. The van der Waals surface area contributed by atoms with E-state index in [-0.39, 0.29) is 31.2 Å². The molecule has 1 N–H and O–H groups in total. The maximum atomic E-state index is 12.8. The first kappa shape index (κ1) is 24.3. The number of ether oxygens (including phenoxy) is 1. The second-order valence-electron chi connectivity index (χ2n) is 6.83. The lowest BCUT2D eigenvalue weighted by molar-refractivity contribution is -0.150. The molecule has 0 saturated carbocycles. The summed E-state index contributed by atoms with van der Waals surface area (Å²) in [6.07, 6.45) is 0.701. The number of rotatable bonds is 6. The Bertz CT molecular complexity index is 1100. The minimum Gasteiger partial charge on any atom is -0.454 e. The van der Waals surface area contributed by atoms with Crippen molar-refractivity contribution >= 4 is 75.8 Å². The van der Waals surface area contributed by atoms with Crippen molar-refractivity contribution < 1.29 is 23.9 Å². The van der Waals surface area contributed by atoms with Crippen molar-refractivity contribution in [3.63, 3.8) is 0 Å². The molecule has 1 atom stereocenters. The molecule has 32 heavy (non-hydrogen) atoms. The van der Waals surface area contributed by atoms with Crippen LogP contribution in [0.3, 0.4) is 0 Å². The molecule has 0 aromatic heterocycles. The molecule has 0 unspecified atom stereocenters. The van der Waals surface area contributed by atoms with Crippen LogP contribution in [0.5, 0.6) is 0 Å². The molecule has 0 saturated heterocycles. The number of hydrogen-bond donors (Lipinski definition) is 1. The van der Waals surface area contributed by atoms with Gasteiger partial charge in [-0.25, -0.2) is 4.79 Å². The summed E-state index contributed by atoms with van der Waals surface area (Å²) in [7, 11) is 0. The predicted molar refractivity (Wildman–Crippen MR) is 122 cm³/mol. The van der Waals surface area contributed by atoms with Gasteiger partial charge in [-0.1, -0.05) is 71.5 Å². The topological polar surface area (TPSA) is 92.8 Å². The van der Waals surface area contributed by atoms with Crippen LogP contribution in [-0.2, 0) is 20.7 Å². The average Bonchev–Trinajstić information content (AvgIpc) is 3.04. The summed E-state index contributed by atoms with van der Waals surface area (Å²) in [6.45, 7) is 2.61. The van der Waals surface area contributed by atoms with E-state index in [1.54, 1.807) is 12.1 Å². The van der Waals surface area contributed by atoms with Crippen LogP contribution >= 0.6 is 46.4 Å². The van der Waals surface area contributed by atoms with Gasteiger partial charge in [-0.15, -0.1) is 0 Å². The maximum Gasteiger partial charge on any atom is 0.329 e. The quantitative estimate of drug-likeness (QED) is 0.251. The summed E-state index contributed by atoms with van der Waals surface area (Å²) in [4.78, 5) is 51.0. The third-order valence-corrected chi connectivity index (χ3v) is 6.68. The fraction of sp³-hybridized carbons (Fsp3) is 0.238. The van der Waals surface area contributed by atoms with Crippen LogP contribution in [0.4, 0.5) is 5.69 Å². The number of esters is 1. The lowest BCUT2D eigenvalue weighted by Gasteiger charge is -2.21. The van der Waals surface area contributed by atoms with Gasteiger partial charge in [-0.3, -0.25) is 19.3 Å². The number of carbonyl (C=O) groups excluding carboxylic acids is 4. The molecule has 11 heteroatoms. The summed E-state index contributed by atoms with van der Waals surface area (Å²) >= 11 is 24.1. The van der Waals surface area contributed by atoms with Crippen LogP contribution in [0.1, 0.15) is 40.1 Å². The lowest BCUT2D eigenvalue weighted by atomic mass is 10.1. The first-order valence-corrected chi connectivity index (χ1v) is 10.9. The molecule has 0 radical (unpaired) electrons. The smallest absolute Gasteiger partial charge is 0.329 e. The normalized spacial score (nSPS) is 13.8. The molecule has 2 aromatic carbocycles. The minimum atomic E-state index is -1.36. The van der Waals surface area contributed by atoms with E-state index in [1.807, 2.05) is 19.1 Å². The van der Waals surface area contributed by atoms with Crippen LogP contribution in [0.2, 0.25) is 20.1 Å². The van der Waals surface area contributed by atoms with Gasteiger partial charge in [0, 0.05) is 5.69 Å². The molecule has 3 amide bonds. The highest BCUT2D eigenvalue weighted by Crippen LogP contribution is 2.45. The van der Waals surface area contributed by atoms with E-state index in [0.29, 0.717) is 17.0 Å². The standard InChI is InChI=1S/C21H16Cl4N2O5/c1-3-10-6-4-5-7-11(10)26-12(28)8-32-21(31)9(2)27-19(29)13-14(20(27)30)16(23)18(25)17(24)15(13)22/h4-7,9H,3,8H2,1-2H3,(H,26,28)/t9-/m0/s1.